The summed E-state index contributed by atoms with van der Waals surface area (Å²) in [5, 5.41) is 8.41. The number of methoxy groups -OCH3 is 2. The third-order valence-corrected chi connectivity index (χ3v) is 5.27. The zero-order valence-corrected chi connectivity index (χ0v) is 15.0. The summed E-state index contributed by atoms with van der Waals surface area (Å²) in [6, 6.07) is 7.21. The quantitative estimate of drug-likeness (QED) is 0.904. The Kier molecular flexibility index (Phi) is 4.72. The SMILES string of the molecule is COCc1nc2n(n1)CCCC2NC1CCc2ccc(OC)cc2C1. The second-order valence-electron chi connectivity index (χ2n) is 6.98. The number of aryl methyl sites for hydroxylation is 2. The number of fused-ring (bicyclic) bond motifs is 2. The number of ether oxygens (including phenoxy) is 2. The van der Waals surface area contributed by atoms with E-state index in [9.17, 15) is 0 Å². The Balaban J connectivity index is 1.48. The topological polar surface area (TPSA) is 61.2 Å². The number of rotatable bonds is 5. The van der Waals surface area contributed by atoms with E-state index in [-0.39, 0.29) is 6.04 Å². The average molecular weight is 342 g/mol. The van der Waals surface area contributed by atoms with Crippen molar-refractivity contribution in [2.24, 2.45) is 0 Å². The molecule has 2 unspecified atom stereocenters. The van der Waals surface area contributed by atoms with Crippen LogP contribution in [-0.2, 0) is 30.7 Å². The molecule has 1 aromatic carbocycles. The van der Waals surface area contributed by atoms with Gasteiger partial charge in [0.25, 0.3) is 0 Å². The Bertz CT molecular complexity index is 743. The maximum atomic E-state index is 5.38. The van der Waals surface area contributed by atoms with Crippen LogP contribution in [0.4, 0.5) is 0 Å². The lowest BCUT2D eigenvalue weighted by Gasteiger charge is -2.31. The Morgan fingerprint density at radius 1 is 1.24 bits per heavy atom. The highest BCUT2D eigenvalue weighted by atomic mass is 16.5. The van der Waals surface area contributed by atoms with Crippen LogP contribution in [0.3, 0.4) is 0 Å². The summed E-state index contributed by atoms with van der Waals surface area (Å²) in [4.78, 5) is 4.70. The van der Waals surface area contributed by atoms with Crippen molar-refractivity contribution in [3.05, 3.63) is 41.0 Å². The molecule has 1 N–H and O–H groups in total. The molecule has 0 saturated heterocycles. The normalized spacial score (nSPS) is 22.3. The largest absolute Gasteiger partial charge is 0.497 e. The molecule has 6 heteroatoms. The fourth-order valence-electron chi connectivity index (χ4n) is 4.03. The lowest BCUT2D eigenvalue weighted by molar-refractivity contribution is 0.177. The minimum absolute atomic E-state index is 0.281. The van der Waals surface area contributed by atoms with Gasteiger partial charge in [0.15, 0.2) is 5.82 Å². The van der Waals surface area contributed by atoms with Crippen molar-refractivity contribution in [1.82, 2.24) is 20.1 Å². The van der Waals surface area contributed by atoms with Crippen LogP contribution >= 0.6 is 0 Å². The second kappa shape index (κ2) is 7.14. The van der Waals surface area contributed by atoms with Gasteiger partial charge in [0.05, 0.1) is 13.2 Å². The van der Waals surface area contributed by atoms with Crippen LogP contribution in [0.15, 0.2) is 18.2 Å². The molecule has 134 valence electrons. The first-order chi connectivity index (χ1) is 12.3. The average Bonchev–Trinajstić information content (AvgIpc) is 3.05. The van der Waals surface area contributed by atoms with E-state index >= 15 is 0 Å². The van der Waals surface area contributed by atoms with Crippen molar-refractivity contribution >= 4 is 0 Å². The van der Waals surface area contributed by atoms with Gasteiger partial charge < -0.3 is 14.8 Å². The molecule has 4 rings (SSSR count). The standard InChI is InChI=1S/C19H26N4O2/c1-24-12-18-21-19-17(4-3-9-23(19)22-18)20-15-7-5-13-6-8-16(25-2)11-14(13)10-15/h6,8,11,15,17,20H,3-5,7,9-10,12H2,1-2H3. The zero-order chi connectivity index (χ0) is 17.2. The Hall–Kier alpha value is -1.92. The van der Waals surface area contributed by atoms with Gasteiger partial charge in [0.2, 0.25) is 0 Å². The number of hydrogen-bond donors (Lipinski definition) is 1. The summed E-state index contributed by atoms with van der Waals surface area (Å²) in [6.45, 7) is 1.43. The molecular formula is C19H26N4O2. The predicted molar refractivity (Wildman–Crippen MR) is 94.7 cm³/mol. The molecule has 0 spiro atoms. The van der Waals surface area contributed by atoms with E-state index in [0.717, 1.165) is 56.0 Å². The zero-order valence-electron chi connectivity index (χ0n) is 15.0. The van der Waals surface area contributed by atoms with Gasteiger partial charge >= 0.3 is 0 Å². The van der Waals surface area contributed by atoms with Crippen LogP contribution in [0.1, 0.15) is 48.1 Å². The third-order valence-electron chi connectivity index (χ3n) is 5.27. The molecular weight excluding hydrogens is 316 g/mol. The van der Waals surface area contributed by atoms with Gasteiger partial charge in [-0.3, -0.25) is 0 Å². The molecule has 0 bridgehead atoms. The van der Waals surface area contributed by atoms with Crippen LogP contribution in [-0.4, -0.2) is 35.0 Å². The monoisotopic (exact) mass is 342 g/mol. The smallest absolute Gasteiger partial charge is 0.176 e. The van der Waals surface area contributed by atoms with Gasteiger partial charge in [-0.1, -0.05) is 6.07 Å². The van der Waals surface area contributed by atoms with Crippen molar-refractivity contribution < 1.29 is 9.47 Å². The van der Waals surface area contributed by atoms with Crippen LogP contribution in [0.25, 0.3) is 0 Å². The first-order valence-corrected chi connectivity index (χ1v) is 9.11. The number of aromatic nitrogens is 3. The van der Waals surface area contributed by atoms with Crippen molar-refractivity contribution in [1.29, 1.82) is 0 Å². The lowest BCUT2D eigenvalue weighted by Crippen LogP contribution is -2.39. The van der Waals surface area contributed by atoms with E-state index < -0.39 is 0 Å². The lowest BCUT2D eigenvalue weighted by atomic mass is 9.87. The van der Waals surface area contributed by atoms with E-state index in [1.54, 1.807) is 14.2 Å². The Labute approximate surface area is 148 Å². The third kappa shape index (κ3) is 3.41. The number of hydrogen-bond acceptors (Lipinski definition) is 5. The molecule has 6 nitrogen and oxygen atoms in total. The predicted octanol–water partition coefficient (Wildman–Crippen LogP) is 2.42. The van der Waals surface area contributed by atoms with Crippen LogP contribution in [0.2, 0.25) is 0 Å². The highest BCUT2D eigenvalue weighted by molar-refractivity contribution is 5.38. The van der Waals surface area contributed by atoms with Crippen molar-refractivity contribution in [2.45, 2.75) is 57.3 Å². The van der Waals surface area contributed by atoms with E-state index in [0.29, 0.717) is 12.6 Å². The molecule has 1 aliphatic carbocycles. The molecule has 2 aliphatic rings. The summed E-state index contributed by atoms with van der Waals surface area (Å²) in [5.74, 6) is 2.79. The maximum absolute atomic E-state index is 5.38. The molecule has 25 heavy (non-hydrogen) atoms. The van der Waals surface area contributed by atoms with Gasteiger partial charge in [-0.25, -0.2) is 9.67 Å². The maximum Gasteiger partial charge on any atom is 0.176 e. The van der Waals surface area contributed by atoms with E-state index in [1.165, 1.54) is 11.1 Å². The summed E-state index contributed by atoms with van der Waals surface area (Å²) >= 11 is 0. The number of nitrogens with one attached hydrogen (secondary N) is 1. The van der Waals surface area contributed by atoms with Gasteiger partial charge in [-0.05, 0) is 55.4 Å². The fourth-order valence-corrected chi connectivity index (χ4v) is 4.03. The van der Waals surface area contributed by atoms with Crippen molar-refractivity contribution in [3.8, 4) is 5.75 Å². The molecule has 0 radical (unpaired) electrons. The van der Waals surface area contributed by atoms with Crippen LogP contribution in [0, 0.1) is 0 Å². The molecule has 0 saturated carbocycles. The van der Waals surface area contributed by atoms with E-state index in [4.69, 9.17) is 14.5 Å². The van der Waals surface area contributed by atoms with Crippen LogP contribution < -0.4 is 10.1 Å². The van der Waals surface area contributed by atoms with E-state index in [2.05, 4.69) is 33.3 Å². The molecule has 0 fully saturated rings. The van der Waals surface area contributed by atoms with Gasteiger partial charge in [0.1, 0.15) is 18.2 Å². The molecule has 2 heterocycles. The minimum Gasteiger partial charge on any atom is -0.497 e. The minimum atomic E-state index is 0.281. The van der Waals surface area contributed by atoms with Crippen LogP contribution in [0.5, 0.6) is 5.75 Å². The Morgan fingerprint density at radius 2 is 2.16 bits per heavy atom. The molecule has 2 aromatic rings. The summed E-state index contributed by atoms with van der Waals surface area (Å²) in [6.07, 6.45) is 5.58. The summed E-state index contributed by atoms with van der Waals surface area (Å²) < 4.78 is 12.6. The Morgan fingerprint density at radius 3 is 3.00 bits per heavy atom. The molecule has 1 aliphatic heterocycles. The van der Waals surface area contributed by atoms with Gasteiger partial charge in [-0.2, -0.15) is 5.10 Å². The summed E-state index contributed by atoms with van der Waals surface area (Å²) in [7, 11) is 3.41. The second-order valence-corrected chi connectivity index (χ2v) is 6.98. The highest BCUT2D eigenvalue weighted by Crippen LogP contribution is 2.29. The van der Waals surface area contributed by atoms with E-state index in [1.807, 2.05) is 0 Å². The number of nitrogens with zero attached hydrogens (tertiary/aromatic N) is 3. The van der Waals surface area contributed by atoms with Gasteiger partial charge in [0, 0.05) is 19.7 Å². The first kappa shape index (κ1) is 16.5. The van der Waals surface area contributed by atoms with Crippen molar-refractivity contribution in [3.63, 3.8) is 0 Å². The molecule has 0 amide bonds. The fraction of sp³-hybridized carbons (Fsp3) is 0.579. The summed E-state index contributed by atoms with van der Waals surface area (Å²) in [5.41, 5.74) is 2.86. The van der Waals surface area contributed by atoms with Gasteiger partial charge in [-0.15, -0.1) is 0 Å². The molecule has 1 aromatic heterocycles. The molecule has 2 atom stereocenters. The number of benzene rings is 1. The highest BCUT2D eigenvalue weighted by Gasteiger charge is 2.28. The van der Waals surface area contributed by atoms with Crippen molar-refractivity contribution in [2.75, 3.05) is 14.2 Å². The first-order valence-electron chi connectivity index (χ1n) is 9.11.